The van der Waals surface area contributed by atoms with Gasteiger partial charge >= 0.3 is 0 Å². The minimum Gasteiger partial charge on any atom is -0.339 e. The van der Waals surface area contributed by atoms with Gasteiger partial charge in [0.05, 0.1) is 11.6 Å². The number of fused-ring (bicyclic) bond motifs is 1. The van der Waals surface area contributed by atoms with Crippen molar-refractivity contribution in [2.45, 2.75) is 38.8 Å². The molecule has 4 rings (SSSR count). The Morgan fingerprint density at radius 3 is 3.08 bits per heavy atom. The first kappa shape index (κ1) is 14.8. The monoisotopic (exact) mass is 326 g/mol. The molecule has 24 heavy (non-hydrogen) atoms. The van der Waals surface area contributed by atoms with Gasteiger partial charge in [-0.1, -0.05) is 29.4 Å². The second-order valence-corrected chi connectivity index (χ2v) is 5.88. The first-order valence-corrected chi connectivity index (χ1v) is 8.16. The van der Waals surface area contributed by atoms with E-state index in [0.29, 0.717) is 24.7 Å². The molecule has 3 aromatic rings. The molecule has 1 aromatic carbocycles. The first-order chi connectivity index (χ1) is 11.8. The number of carbonyl (C=O) groups excluding carboxylic acids is 1. The number of likely N-dealkylation sites (tertiary alicyclic amines) is 1. The number of nitrogens with zero attached hydrogens (tertiary/aromatic N) is 6. The fourth-order valence-corrected chi connectivity index (χ4v) is 3.13. The quantitative estimate of drug-likeness (QED) is 0.725. The van der Waals surface area contributed by atoms with E-state index in [9.17, 15) is 4.79 Å². The van der Waals surface area contributed by atoms with Crippen LogP contribution in [0, 0.1) is 0 Å². The Labute approximate surface area is 138 Å². The molecule has 0 saturated carbocycles. The summed E-state index contributed by atoms with van der Waals surface area (Å²) in [5, 5.41) is 12.2. The predicted octanol–water partition coefficient (Wildman–Crippen LogP) is 1.74. The van der Waals surface area contributed by atoms with Gasteiger partial charge in [-0.15, -0.1) is 5.10 Å². The second-order valence-electron chi connectivity index (χ2n) is 5.88. The summed E-state index contributed by atoms with van der Waals surface area (Å²) in [7, 11) is 0. The number of aryl methyl sites for hydroxylation is 1. The molecular weight excluding hydrogens is 308 g/mol. The number of rotatable bonds is 4. The van der Waals surface area contributed by atoms with Crippen molar-refractivity contribution in [2.24, 2.45) is 0 Å². The van der Waals surface area contributed by atoms with E-state index in [1.807, 2.05) is 36.1 Å². The maximum Gasteiger partial charge on any atom is 0.245 e. The van der Waals surface area contributed by atoms with E-state index in [2.05, 4.69) is 20.5 Å². The van der Waals surface area contributed by atoms with Gasteiger partial charge in [-0.05, 0) is 25.0 Å². The van der Waals surface area contributed by atoms with E-state index in [4.69, 9.17) is 4.52 Å². The lowest BCUT2D eigenvalue weighted by molar-refractivity contribution is -0.133. The van der Waals surface area contributed by atoms with Gasteiger partial charge in [0.15, 0.2) is 5.82 Å². The third-order valence-electron chi connectivity index (χ3n) is 4.36. The Balaban J connectivity index is 1.54. The van der Waals surface area contributed by atoms with Gasteiger partial charge in [0.25, 0.3) is 0 Å². The summed E-state index contributed by atoms with van der Waals surface area (Å²) in [6.45, 7) is 2.83. The van der Waals surface area contributed by atoms with E-state index >= 15 is 0 Å². The highest BCUT2D eigenvalue weighted by Gasteiger charge is 2.33. The van der Waals surface area contributed by atoms with E-state index in [0.717, 1.165) is 23.9 Å². The van der Waals surface area contributed by atoms with Crippen molar-refractivity contribution < 1.29 is 9.32 Å². The normalized spacial score (nSPS) is 17.7. The van der Waals surface area contributed by atoms with Crippen molar-refractivity contribution in [3.8, 4) is 0 Å². The fourth-order valence-electron chi connectivity index (χ4n) is 3.13. The number of hydrogen-bond donors (Lipinski definition) is 0. The van der Waals surface area contributed by atoms with Gasteiger partial charge < -0.3 is 9.42 Å². The first-order valence-electron chi connectivity index (χ1n) is 8.16. The Bertz CT molecular complexity index is 870. The van der Waals surface area contributed by atoms with Crippen LogP contribution in [0.4, 0.5) is 0 Å². The van der Waals surface area contributed by atoms with Crippen LogP contribution in [0.15, 0.2) is 28.8 Å². The van der Waals surface area contributed by atoms with E-state index in [1.165, 1.54) is 0 Å². The second kappa shape index (κ2) is 6.03. The minimum atomic E-state index is -0.115. The topological polar surface area (TPSA) is 89.9 Å². The zero-order valence-electron chi connectivity index (χ0n) is 13.4. The van der Waals surface area contributed by atoms with Crippen molar-refractivity contribution in [3.05, 3.63) is 36.0 Å². The third-order valence-corrected chi connectivity index (χ3v) is 4.36. The third kappa shape index (κ3) is 2.53. The van der Waals surface area contributed by atoms with Gasteiger partial charge in [-0.3, -0.25) is 4.79 Å². The van der Waals surface area contributed by atoms with E-state index in [1.54, 1.807) is 4.68 Å². The maximum atomic E-state index is 12.8. The van der Waals surface area contributed by atoms with Gasteiger partial charge in [0.1, 0.15) is 12.1 Å². The molecule has 0 radical (unpaired) electrons. The molecule has 1 aliphatic rings. The molecule has 124 valence electrons. The van der Waals surface area contributed by atoms with E-state index in [-0.39, 0.29) is 18.5 Å². The van der Waals surface area contributed by atoms with Crippen LogP contribution in [-0.2, 0) is 17.8 Å². The van der Waals surface area contributed by atoms with Gasteiger partial charge in [-0.25, -0.2) is 4.68 Å². The summed E-state index contributed by atoms with van der Waals surface area (Å²) in [5.74, 6) is 1.20. The highest BCUT2D eigenvalue weighted by molar-refractivity contribution is 5.80. The number of amides is 1. The lowest BCUT2D eigenvalue weighted by Gasteiger charge is -2.22. The summed E-state index contributed by atoms with van der Waals surface area (Å²) in [5.41, 5.74) is 1.64. The van der Waals surface area contributed by atoms with Crippen molar-refractivity contribution in [2.75, 3.05) is 6.54 Å². The molecule has 1 amide bonds. The molecule has 1 aliphatic heterocycles. The molecule has 0 aliphatic carbocycles. The number of aromatic nitrogens is 5. The molecule has 2 aromatic heterocycles. The number of hydrogen-bond acceptors (Lipinski definition) is 6. The van der Waals surface area contributed by atoms with Gasteiger partial charge in [0, 0.05) is 13.0 Å². The fraction of sp³-hybridized carbons (Fsp3) is 0.438. The summed E-state index contributed by atoms with van der Waals surface area (Å²) in [4.78, 5) is 19.0. The van der Waals surface area contributed by atoms with Crippen LogP contribution in [0.3, 0.4) is 0 Å². The lowest BCUT2D eigenvalue weighted by atomic mass is 10.2. The highest BCUT2D eigenvalue weighted by Crippen LogP contribution is 2.30. The van der Waals surface area contributed by atoms with Crippen molar-refractivity contribution >= 4 is 16.9 Å². The highest BCUT2D eigenvalue weighted by atomic mass is 16.5. The number of benzene rings is 1. The smallest absolute Gasteiger partial charge is 0.245 e. The molecule has 1 fully saturated rings. The van der Waals surface area contributed by atoms with Crippen LogP contribution in [0.2, 0.25) is 0 Å². The molecule has 0 unspecified atom stereocenters. The van der Waals surface area contributed by atoms with Crippen LogP contribution >= 0.6 is 0 Å². The Kier molecular flexibility index (Phi) is 3.72. The average Bonchev–Trinajstić information content (AvgIpc) is 3.34. The van der Waals surface area contributed by atoms with Crippen molar-refractivity contribution in [1.29, 1.82) is 0 Å². The molecule has 0 bridgehead atoms. The van der Waals surface area contributed by atoms with Crippen LogP contribution in [0.5, 0.6) is 0 Å². The Morgan fingerprint density at radius 1 is 1.38 bits per heavy atom. The molecule has 8 heteroatoms. The summed E-state index contributed by atoms with van der Waals surface area (Å²) < 4.78 is 6.83. The van der Waals surface area contributed by atoms with Crippen molar-refractivity contribution in [1.82, 2.24) is 30.0 Å². The number of carbonyl (C=O) groups is 1. The molecule has 1 saturated heterocycles. The zero-order valence-corrected chi connectivity index (χ0v) is 13.4. The Hall–Kier alpha value is -2.77. The van der Waals surface area contributed by atoms with Crippen LogP contribution in [0.1, 0.15) is 37.5 Å². The minimum absolute atomic E-state index is 0.00370. The molecule has 8 nitrogen and oxygen atoms in total. The standard InChI is InChI=1S/C16H18N6O2/c1-2-14-17-16(19-24-14)13-8-5-9-21(13)15(23)10-22-12-7-4-3-6-11(12)18-20-22/h3-4,6-7,13H,2,5,8-10H2,1H3/t13-/m1/s1. The van der Waals surface area contributed by atoms with Crippen LogP contribution < -0.4 is 0 Å². The summed E-state index contributed by atoms with van der Waals surface area (Å²) in [6, 6.07) is 7.50. The summed E-state index contributed by atoms with van der Waals surface area (Å²) >= 11 is 0. The van der Waals surface area contributed by atoms with E-state index < -0.39 is 0 Å². The Morgan fingerprint density at radius 2 is 2.25 bits per heavy atom. The largest absolute Gasteiger partial charge is 0.339 e. The molecule has 3 heterocycles. The summed E-state index contributed by atoms with van der Waals surface area (Å²) in [6.07, 6.45) is 2.48. The average molecular weight is 326 g/mol. The molecular formula is C16H18N6O2. The maximum absolute atomic E-state index is 12.8. The number of para-hydroxylation sites is 1. The molecule has 0 N–H and O–H groups in total. The van der Waals surface area contributed by atoms with Crippen molar-refractivity contribution in [3.63, 3.8) is 0 Å². The predicted molar refractivity (Wildman–Crippen MR) is 84.9 cm³/mol. The SMILES string of the molecule is CCc1nc([C@H]2CCCN2C(=O)Cn2nnc3ccccc32)no1. The lowest BCUT2D eigenvalue weighted by Crippen LogP contribution is -2.34. The zero-order chi connectivity index (χ0) is 16.5. The molecule has 1 atom stereocenters. The van der Waals surface area contributed by atoms with Gasteiger partial charge in [-0.2, -0.15) is 4.98 Å². The van der Waals surface area contributed by atoms with Crippen LogP contribution in [-0.4, -0.2) is 42.5 Å². The van der Waals surface area contributed by atoms with Gasteiger partial charge in [0.2, 0.25) is 11.8 Å². The van der Waals surface area contributed by atoms with Crippen LogP contribution in [0.25, 0.3) is 11.0 Å². The molecule has 0 spiro atoms.